The van der Waals surface area contributed by atoms with Crippen molar-refractivity contribution >= 4 is 23.6 Å². The molecule has 2 aromatic rings. The van der Waals surface area contributed by atoms with Crippen molar-refractivity contribution < 1.29 is 19.1 Å². The number of benzene rings is 1. The summed E-state index contributed by atoms with van der Waals surface area (Å²) in [4.78, 5) is 33.6. The second kappa shape index (κ2) is 9.59. The molecule has 2 amide bonds. The van der Waals surface area contributed by atoms with Crippen LogP contribution in [0.3, 0.4) is 0 Å². The van der Waals surface area contributed by atoms with Gasteiger partial charge < -0.3 is 19.3 Å². The van der Waals surface area contributed by atoms with E-state index in [2.05, 4.69) is 4.98 Å². The highest BCUT2D eigenvalue weighted by molar-refractivity contribution is 6.30. The first-order chi connectivity index (χ1) is 15.7. The van der Waals surface area contributed by atoms with Gasteiger partial charge in [0.15, 0.2) is 0 Å². The SMILES string of the molecule is CC(C)(C)OC(=O)N1CCc2nc(C(=O)N3CCC(Oc4ccc(Cl)cc4)CC3)ccc2C1. The minimum atomic E-state index is -0.529. The van der Waals surface area contributed by atoms with Gasteiger partial charge in [-0.25, -0.2) is 9.78 Å². The van der Waals surface area contributed by atoms with Crippen LogP contribution in [0.1, 0.15) is 55.4 Å². The van der Waals surface area contributed by atoms with E-state index in [1.807, 2.05) is 56.0 Å². The lowest BCUT2D eigenvalue weighted by Gasteiger charge is -2.33. The van der Waals surface area contributed by atoms with Crippen LogP contribution in [-0.2, 0) is 17.7 Å². The molecule has 4 rings (SSSR count). The van der Waals surface area contributed by atoms with Gasteiger partial charge in [0.25, 0.3) is 5.91 Å². The van der Waals surface area contributed by atoms with Crippen LogP contribution >= 0.6 is 11.6 Å². The molecular formula is C25H30ClN3O4. The molecule has 2 aliphatic rings. The van der Waals surface area contributed by atoms with Crippen molar-refractivity contribution in [2.24, 2.45) is 0 Å². The molecule has 3 heterocycles. The zero-order valence-corrected chi connectivity index (χ0v) is 20.1. The number of nitrogens with zero attached hydrogens (tertiary/aromatic N) is 3. The van der Waals surface area contributed by atoms with Crippen molar-refractivity contribution in [2.45, 2.75) is 58.3 Å². The Hall–Kier alpha value is -2.80. The Morgan fingerprint density at radius 1 is 1.00 bits per heavy atom. The molecule has 1 aromatic carbocycles. The van der Waals surface area contributed by atoms with Gasteiger partial charge in [0, 0.05) is 49.6 Å². The van der Waals surface area contributed by atoms with Crippen LogP contribution in [0, 0.1) is 0 Å². The summed E-state index contributed by atoms with van der Waals surface area (Å²) in [5, 5.41) is 0.679. The lowest BCUT2D eigenvalue weighted by molar-refractivity contribution is 0.0222. The van der Waals surface area contributed by atoms with Crippen molar-refractivity contribution in [3.8, 4) is 5.75 Å². The summed E-state index contributed by atoms with van der Waals surface area (Å²) >= 11 is 5.93. The van der Waals surface area contributed by atoms with E-state index < -0.39 is 5.60 Å². The summed E-state index contributed by atoms with van der Waals surface area (Å²) in [5.41, 5.74) is 1.76. The van der Waals surface area contributed by atoms with Gasteiger partial charge in [-0.15, -0.1) is 0 Å². The molecule has 7 nitrogen and oxygen atoms in total. The second-order valence-electron chi connectivity index (χ2n) is 9.52. The van der Waals surface area contributed by atoms with Gasteiger partial charge in [0.1, 0.15) is 23.1 Å². The van der Waals surface area contributed by atoms with E-state index in [0.29, 0.717) is 43.3 Å². The summed E-state index contributed by atoms with van der Waals surface area (Å²) in [6.07, 6.45) is 1.89. The normalized spacial score (nSPS) is 16.8. The van der Waals surface area contributed by atoms with Crippen LogP contribution in [0.2, 0.25) is 5.02 Å². The topological polar surface area (TPSA) is 72.0 Å². The van der Waals surface area contributed by atoms with Crippen molar-refractivity contribution in [1.29, 1.82) is 0 Å². The van der Waals surface area contributed by atoms with Crippen LogP contribution in [0.25, 0.3) is 0 Å². The van der Waals surface area contributed by atoms with E-state index >= 15 is 0 Å². The Bertz CT molecular complexity index is 1010. The highest BCUT2D eigenvalue weighted by Gasteiger charge is 2.29. The summed E-state index contributed by atoms with van der Waals surface area (Å²) in [7, 11) is 0. The molecule has 2 aliphatic heterocycles. The monoisotopic (exact) mass is 471 g/mol. The highest BCUT2D eigenvalue weighted by atomic mass is 35.5. The van der Waals surface area contributed by atoms with Crippen molar-refractivity contribution in [2.75, 3.05) is 19.6 Å². The molecule has 0 radical (unpaired) electrons. The number of likely N-dealkylation sites (tertiary alicyclic amines) is 1. The molecule has 0 atom stereocenters. The molecule has 0 bridgehead atoms. The summed E-state index contributed by atoms with van der Waals surface area (Å²) in [6.45, 7) is 7.79. The fourth-order valence-corrected chi connectivity index (χ4v) is 4.19. The maximum Gasteiger partial charge on any atom is 0.410 e. The highest BCUT2D eigenvalue weighted by Crippen LogP contribution is 2.23. The van der Waals surface area contributed by atoms with Crippen LogP contribution in [-0.4, -0.2) is 58.1 Å². The van der Waals surface area contributed by atoms with Gasteiger partial charge in [-0.05, 0) is 56.7 Å². The fourth-order valence-electron chi connectivity index (χ4n) is 4.06. The Morgan fingerprint density at radius 2 is 1.70 bits per heavy atom. The summed E-state index contributed by atoms with van der Waals surface area (Å²) in [5.74, 6) is 0.735. The van der Waals surface area contributed by atoms with Crippen molar-refractivity contribution in [3.63, 3.8) is 0 Å². The Balaban J connectivity index is 1.33. The minimum Gasteiger partial charge on any atom is -0.490 e. The van der Waals surface area contributed by atoms with Gasteiger partial charge in [-0.1, -0.05) is 17.7 Å². The lowest BCUT2D eigenvalue weighted by Crippen LogP contribution is -2.42. The number of rotatable bonds is 3. The molecule has 1 saturated heterocycles. The van der Waals surface area contributed by atoms with E-state index in [1.54, 1.807) is 11.0 Å². The summed E-state index contributed by atoms with van der Waals surface area (Å²) < 4.78 is 11.5. The third kappa shape index (κ3) is 5.96. The third-order valence-corrected chi connectivity index (χ3v) is 6.02. The number of fused-ring (bicyclic) bond motifs is 1. The van der Waals surface area contributed by atoms with E-state index in [9.17, 15) is 9.59 Å². The Kier molecular flexibility index (Phi) is 6.79. The van der Waals surface area contributed by atoms with Gasteiger partial charge in [-0.2, -0.15) is 0 Å². The fraction of sp³-hybridized carbons (Fsp3) is 0.480. The molecule has 0 aliphatic carbocycles. The van der Waals surface area contributed by atoms with E-state index in [4.69, 9.17) is 21.1 Å². The average molecular weight is 472 g/mol. The molecule has 176 valence electrons. The maximum absolute atomic E-state index is 13.0. The number of hydrogen-bond donors (Lipinski definition) is 0. The Labute approximate surface area is 199 Å². The molecule has 1 aromatic heterocycles. The first kappa shape index (κ1) is 23.4. The number of carbonyl (C=O) groups is 2. The van der Waals surface area contributed by atoms with E-state index in [-0.39, 0.29) is 18.1 Å². The molecule has 1 fully saturated rings. The molecule has 0 N–H and O–H groups in total. The third-order valence-electron chi connectivity index (χ3n) is 5.76. The van der Waals surface area contributed by atoms with Crippen LogP contribution in [0.15, 0.2) is 36.4 Å². The molecule has 8 heteroatoms. The molecule has 0 spiro atoms. The number of ether oxygens (including phenoxy) is 2. The van der Waals surface area contributed by atoms with Crippen LogP contribution in [0.4, 0.5) is 4.79 Å². The number of hydrogen-bond acceptors (Lipinski definition) is 5. The zero-order valence-electron chi connectivity index (χ0n) is 19.3. The zero-order chi connectivity index (χ0) is 23.6. The first-order valence-electron chi connectivity index (χ1n) is 11.4. The van der Waals surface area contributed by atoms with Crippen LogP contribution < -0.4 is 4.74 Å². The lowest BCUT2D eigenvalue weighted by atomic mass is 10.0. The Morgan fingerprint density at radius 3 is 2.36 bits per heavy atom. The molecule has 33 heavy (non-hydrogen) atoms. The van der Waals surface area contributed by atoms with Gasteiger partial charge in [0.2, 0.25) is 0 Å². The first-order valence-corrected chi connectivity index (χ1v) is 11.7. The van der Waals surface area contributed by atoms with Gasteiger partial charge in [-0.3, -0.25) is 4.79 Å². The quantitative estimate of drug-likeness (QED) is 0.648. The largest absolute Gasteiger partial charge is 0.490 e. The number of pyridine rings is 1. The van der Waals surface area contributed by atoms with E-state index in [0.717, 1.165) is 29.8 Å². The second-order valence-corrected chi connectivity index (χ2v) is 9.95. The molecule has 0 saturated carbocycles. The number of piperidine rings is 1. The minimum absolute atomic E-state index is 0.0580. The maximum atomic E-state index is 13.0. The predicted molar refractivity (Wildman–Crippen MR) is 126 cm³/mol. The number of aromatic nitrogens is 1. The number of carbonyl (C=O) groups excluding carboxylic acids is 2. The average Bonchev–Trinajstić information content (AvgIpc) is 2.79. The van der Waals surface area contributed by atoms with Gasteiger partial charge >= 0.3 is 6.09 Å². The predicted octanol–water partition coefficient (Wildman–Crippen LogP) is 4.71. The molecular weight excluding hydrogens is 442 g/mol. The number of halogens is 1. The smallest absolute Gasteiger partial charge is 0.410 e. The number of amides is 2. The van der Waals surface area contributed by atoms with Crippen molar-refractivity contribution in [1.82, 2.24) is 14.8 Å². The van der Waals surface area contributed by atoms with Crippen molar-refractivity contribution in [3.05, 3.63) is 58.4 Å². The molecule has 0 unspecified atom stereocenters. The van der Waals surface area contributed by atoms with Gasteiger partial charge in [0.05, 0.1) is 6.54 Å². The van der Waals surface area contributed by atoms with E-state index in [1.165, 1.54) is 0 Å². The summed E-state index contributed by atoms with van der Waals surface area (Å²) in [6, 6.07) is 11.0. The standard InChI is InChI=1S/C25H30ClN3O4/c1-25(2,3)33-24(31)29-15-12-21-17(16-29)4-9-22(27-21)23(30)28-13-10-20(11-14-28)32-19-7-5-18(26)6-8-19/h4-9,20H,10-16H2,1-3H3. The van der Waals surface area contributed by atoms with Crippen LogP contribution in [0.5, 0.6) is 5.75 Å².